The van der Waals surface area contributed by atoms with Crippen molar-refractivity contribution in [2.45, 2.75) is 13.0 Å². The van der Waals surface area contributed by atoms with Gasteiger partial charge >= 0.3 is 0 Å². The van der Waals surface area contributed by atoms with Gasteiger partial charge in [0, 0.05) is 22.7 Å². The predicted molar refractivity (Wildman–Crippen MR) is 109 cm³/mol. The van der Waals surface area contributed by atoms with Crippen molar-refractivity contribution >= 4 is 16.8 Å². The molecule has 0 aliphatic carbocycles. The van der Waals surface area contributed by atoms with Crippen molar-refractivity contribution in [1.82, 2.24) is 20.3 Å². The smallest absolute Gasteiger partial charge is 0.224 e. The van der Waals surface area contributed by atoms with Gasteiger partial charge in [-0.05, 0) is 35.9 Å². The summed E-state index contributed by atoms with van der Waals surface area (Å²) in [5.41, 5.74) is 4.13. The molecule has 29 heavy (non-hydrogen) atoms. The third-order valence-corrected chi connectivity index (χ3v) is 4.71. The van der Waals surface area contributed by atoms with E-state index in [4.69, 9.17) is 10.00 Å². The lowest BCUT2D eigenvalue weighted by atomic mass is 10.1. The maximum atomic E-state index is 12.4. The van der Waals surface area contributed by atoms with Crippen LogP contribution in [0.4, 0.5) is 0 Å². The third-order valence-electron chi connectivity index (χ3n) is 4.71. The molecule has 2 aromatic heterocycles. The summed E-state index contributed by atoms with van der Waals surface area (Å²) in [6, 6.07) is 15.1. The standard InChI is InChI=1S/C22H19N5O2/c1-29-17-5-6-19-18(9-17)16(11-24-19)8-22(28)26-13-21-25-12-20(27-21)15-4-2-3-14(7-15)10-23/h2-7,9,11-12,24H,8,13H2,1H3,(H,25,27)(H,26,28). The highest BCUT2D eigenvalue weighted by atomic mass is 16.5. The van der Waals surface area contributed by atoms with Crippen LogP contribution in [0.15, 0.2) is 54.9 Å². The van der Waals surface area contributed by atoms with Crippen LogP contribution in [-0.2, 0) is 17.8 Å². The summed E-state index contributed by atoms with van der Waals surface area (Å²) in [7, 11) is 1.62. The average Bonchev–Trinajstić information content (AvgIpc) is 3.39. The van der Waals surface area contributed by atoms with Gasteiger partial charge in [-0.25, -0.2) is 4.98 Å². The topological polar surface area (TPSA) is 107 Å². The van der Waals surface area contributed by atoms with Crippen molar-refractivity contribution in [3.8, 4) is 23.1 Å². The number of carbonyl (C=O) groups excluding carboxylic acids is 1. The van der Waals surface area contributed by atoms with Gasteiger partial charge in [0.05, 0.1) is 43.6 Å². The van der Waals surface area contributed by atoms with Crippen LogP contribution in [-0.4, -0.2) is 28.0 Å². The number of benzene rings is 2. The van der Waals surface area contributed by atoms with E-state index in [2.05, 4.69) is 26.3 Å². The van der Waals surface area contributed by atoms with Crippen LogP contribution in [0.25, 0.3) is 22.2 Å². The number of H-pyrrole nitrogens is 2. The quantitative estimate of drug-likeness (QED) is 0.473. The SMILES string of the molecule is COc1ccc2[nH]cc(CC(=O)NCc3ncc(-c4cccc(C#N)c4)[nH]3)c2c1. The second-order valence-electron chi connectivity index (χ2n) is 6.62. The van der Waals surface area contributed by atoms with E-state index in [1.54, 1.807) is 25.4 Å². The van der Waals surface area contributed by atoms with E-state index in [9.17, 15) is 4.79 Å². The van der Waals surface area contributed by atoms with Crippen molar-refractivity contribution in [2.75, 3.05) is 7.11 Å². The lowest BCUT2D eigenvalue weighted by molar-refractivity contribution is -0.120. The fourth-order valence-corrected chi connectivity index (χ4v) is 3.20. The molecule has 0 saturated heterocycles. The van der Waals surface area contributed by atoms with Crippen molar-refractivity contribution in [3.05, 3.63) is 71.8 Å². The molecule has 0 aliphatic heterocycles. The summed E-state index contributed by atoms with van der Waals surface area (Å²) in [4.78, 5) is 23.1. The molecule has 4 aromatic rings. The molecule has 144 valence electrons. The van der Waals surface area contributed by atoms with Crippen LogP contribution < -0.4 is 10.1 Å². The number of nitriles is 1. The number of nitrogens with one attached hydrogen (secondary N) is 3. The van der Waals surface area contributed by atoms with Gasteiger partial charge in [0.15, 0.2) is 0 Å². The molecule has 4 rings (SSSR count). The van der Waals surface area contributed by atoms with Gasteiger partial charge in [-0.2, -0.15) is 5.26 Å². The summed E-state index contributed by atoms with van der Waals surface area (Å²) in [6.07, 6.45) is 3.80. The number of nitrogens with zero attached hydrogens (tertiary/aromatic N) is 2. The van der Waals surface area contributed by atoms with Crippen LogP contribution in [0.1, 0.15) is 17.0 Å². The number of rotatable bonds is 6. The largest absolute Gasteiger partial charge is 0.497 e. The van der Waals surface area contributed by atoms with E-state index in [-0.39, 0.29) is 12.3 Å². The Hall–Kier alpha value is -4.05. The summed E-state index contributed by atoms with van der Waals surface area (Å²) >= 11 is 0. The van der Waals surface area contributed by atoms with E-state index in [1.165, 1.54) is 0 Å². The maximum Gasteiger partial charge on any atom is 0.224 e. The number of hydrogen-bond acceptors (Lipinski definition) is 4. The lowest BCUT2D eigenvalue weighted by Crippen LogP contribution is -2.25. The molecule has 0 spiro atoms. The van der Waals surface area contributed by atoms with Gasteiger partial charge in [0.2, 0.25) is 5.91 Å². The van der Waals surface area contributed by atoms with Crippen molar-refractivity contribution < 1.29 is 9.53 Å². The number of methoxy groups -OCH3 is 1. The fourth-order valence-electron chi connectivity index (χ4n) is 3.20. The Morgan fingerprint density at radius 2 is 2.17 bits per heavy atom. The molecule has 0 fully saturated rings. The molecule has 3 N–H and O–H groups in total. The number of hydrogen-bond donors (Lipinski definition) is 3. The number of carbonyl (C=O) groups is 1. The molecule has 7 nitrogen and oxygen atoms in total. The number of aromatic amines is 2. The first-order valence-corrected chi connectivity index (χ1v) is 9.11. The van der Waals surface area contributed by atoms with Crippen LogP contribution in [0.3, 0.4) is 0 Å². The van der Waals surface area contributed by atoms with Gasteiger partial charge in [0.25, 0.3) is 0 Å². The van der Waals surface area contributed by atoms with Crippen molar-refractivity contribution in [2.24, 2.45) is 0 Å². The van der Waals surface area contributed by atoms with Gasteiger partial charge in [0.1, 0.15) is 11.6 Å². The molecule has 2 aromatic carbocycles. The minimum atomic E-state index is -0.0989. The monoisotopic (exact) mass is 385 g/mol. The Bertz CT molecular complexity index is 1220. The number of aromatic nitrogens is 3. The Morgan fingerprint density at radius 1 is 1.28 bits per heavy atom. The third kappa shape index (κ3) is 3.96. The molecule has 0 unspecified atom stereocenters. The zero-order chi connectivity index (χ0) is 20.2. The normalized spacial score (nSPS) is 10.6. The summed E-state index contributed by atoms with van der Waals surface area (Å²) < 4.78 is 5.27. The molecular formula is C22H19N5O2. The Balaban J connectivity index is 1.40. The van der Waals surface area contributed by atoms with E-state index >= 15 is 0 Å². The number of fused-ring (bicyclic) bond motifs is 1. The molecule has 0 saturated carbocycles. The zero-order valence-electron chi connectivity index (χ0n) is 15.8. The van der Waals surface area contributed by atoms with Gasteiger partial charge < -0.3 is 20.0 Å². The van der Waals surface area contributed by atoms with Crippen LogP contribution >= 0.6 is 0 Å². The van der Waals surface area contributed by atoms with E-state index in [0.29, 0.717) is 17.9 Å². The highest BCUT2D eigenvalue weighted by Gasteiger charge is 2.11. The maximum absolute atomic E-state index is 12.4. The fraction of sp³-hybridized carbons (Fsp3) is 0.136. The predicted octanol–water partition coefficient (Wildman–Crippen LogP) is 3.30. The average molecular weight is 385 g/mol. The summed E-state index contributed by atoms with van der Waals surface area (Å²) in [6.45, 7) is 0.294. The number of ether oxygens (including phenoxy) is 1. The molecule has 0 aliphatic rings. The van der Waals surface area contributed by atoms with Crippen molar-refractivity contribution in [1.29, 1.82) is 5.26 Å². The second kappa shape index (κ2) is 7.90. The van der Waals surface area contributed by atoms with Gasteiger partial charge in [-0.15, -0.1) is 0 Å². The van der Waals surface area contributed by atoms with Crippen molar-refractivity contribution in [3.63, 3.8) is 0 Å². The number of amides is 1. The van der Waals surface area contributed by atoms with Crippen LogP contribution in [0, 0.1) is 11.3 Å². The Morgan fingerprint density at radius 3 is 3.00 bits per heavy atom. The molecular weight excluding hydrogens is 366 g/mol. The van der Waals surface area contributed by atoms with E-state index < -0.39 is 0 Å². The Kier molecular flexibility index (Phi) is 4.99. The lowest BCUT2D eigenvalue weighted by Gasteiger charge is -2.04. The summed E-state index contributed by atoms with van der Waals surface area (Å²) in [5, 5.41) is 12.9. The minimum absolute atomic E-state index is 0.0989. The minimum Gasteiger partial charge on any atom is -0.497 e. The van der Waals surface area contributed by atoms with E-state index in [1.807, 2.05) is 36.5 Å². The van der Waals surface area contributed by atoms with E-state index in [0.717, 1.165) is 33.5 Å². The Labute approximate surface area is 167 Å². The summed E-state index contributed by atoms with van der Waals surface area (Å²) in [5.74, 6) is 1.30. The first kappa shape index (κ1) is 18.3. The zero-order valence-corrected chi connectivity index (χ0v) is 15.8. The van der Waals surface area contributed by atoms with Gasteiger partial charge in [-0.3, -0.25) is 4.79 Å². The molecule has 0 bridgehead atoms. The second-order valence-corrected chi connectivity index (χ2v) is 6.62. The molecule has 0 radical (unpaired) electrons. The first-order chi connectivity index (χ1) is 14.2. The molecule has 1 amide bonds. The highest BCUT2D eigenvalue weighted by molar-refractivity contribution is 5.89. The van der Waals surface area contributed by atoms with Crippen LogP contribution in [0.5, 0.6) is 5.75 Å². The van der Waals surface area contributed by atoms with Crippen LogP contribution in [0.2, 0.25) is 0 Å². The molecule has 0 atom stereocenters. The van der Waals surface area contributed by atoms with Gasteiger partial charge in [-0.1, -0.05) is 12.1 Å². The first-order valence-electron chi connectivity index (χ1n) is 9.11. The molecule has 7 heteroatoms. The highest BCUT2D eigenvalue weighted by Crippen LogP contribution is 2.24. The molecule has 2 heterocycles. The number of imidazole rings is 1.